The number of aliphatic hydroxyl groups is 1. The summed E-state index contributed by atoms with van der Waals surface area (Å²) in [4.78, 5) is 40.3. The first-order valence-electron chi connectivity index (χ1n) is 8.74. The molecule has 0 saturated carbocycles. The minimum atomic E-state index is -0.983. The van der Waals surface area contributed by atoms with Crippen LogP contribution in [0, 0.1) is 0 Å². The first-order chi connectivity index (χ1) is 12.3. The molecule has 0 aromatic heterocycles. The van der Waals surface area contributed by atoms with Crippen LogP contribution in [0.15, 0.2) is 30.3 Å². The van der Waals surface area contributed by atoms with E-state index in [1.165, 1.54) is 6.92 Å². The minimum Gasteiger partial charge on any atom is -0.391 e. The van der Waals surface area contributed by atoms with Crippen molar-refractivity contribution in [3.05, 3.63) is 35.9 Å². The molecule has 0 radical (unpaired) electrons. The van der Waals surface area contributed by atoms with Crippen molar-refractivity contribution in [3.63, 3.8) is 0 Å². The second-order valence-corrected chi connectivity index (χ2v) is 6.95. The van der Waals surface area contributed by atoms with Gasteiger partial charge in [0.25, 0.3) is 5.91 Å². The summed E-state index contributed by atoms with van der Waals surface area (Å²) < 4.78 is 0. The predicted octanol–water partition coefficient (Wildman–Crippen LogP) is -0.192. The van der Waals surface area contributed by atoms with Crippen LogP contribution in [-0.4, -0.2) is 63.5 Å². The van der Waals surface area contributed by atoms with Crippen LogP contribution >= 0.6 is 0 Å². The summed E-state index contributed by atoms with van der Waals surface area (Å²) in [6, 6.07) is 8.09. The average Bonchev–Trinajstić information content (AvgIpc) is 2.86. The maximum atomic E-state index is 12.5. The zero-order chi connectivity index (χ0) is 18.9. The molecule has 1 spiro atoms. The zero-order valence-corrected chi connectivity index (χ0v) is 14.7. The van der Waals surface area contributed by atoms with Crippen LogP contribution in [0.25, 0.3) is 0 Å². The number of carbonyl (C=O) groups is 3. The highest BCUT2D eigenvalue weighted by molar-refractivity contribution is 6.07. The molecule has 2 aliphatic heterocycles. The van der Waals surface area contributed by atoms with Gasteiger partial charge in [0.1, 0.15) is 11.6 Å². The fraction of sp³-hybridized carbons (Fsp3) is 0.500. The Bertz CT molecular complexity index is 698. The maximum absolute atomic E-state index is 12.5. The van der Waals surface area contributed by atoms with Crippen molar-refractivity contribution < 1.29 is 19.5 Å². The normalized spacial score (nSPS) is 21.7. The van der Waals surface area contributed by atoms with Crippen molar-refractivity contribution in [1.82, 2.24) is 15.1 Å². The summed E-state index contributed by atoms with van der Waals surface area (Å²) in [6.45, 7) is 2.43. The molecule has 4 amide bonds. The van der Waals surface area contributed by atoms with Gasteiger partial charge >= 0.3 is 6.03 Å². The summed E-state index contributed by atoms with van der Waals surface area (Å²) in [6.07, 6.45) is -0.255. The fourth-order valence-corrected chi connectivity index (χ4v) is 3.60. The number of likely N-dealkylation sites (tertiary alicyclic amines) is 1. The molecule has 8 heteroatoms. The van der Waals surface area contributed by atoms with Gasteiger partial charge in [-0.3, -0.25) is 14.9 Å². The lowest BCUT2D eigenvalue weighted by Crippen LogP contribution is -2.59. The number of benzene rings is 1. The highest BCUT2D eigenvalue weighted by Crippen LogP contribution is 2.34. The fourth-order valence-electron chi connectivity index (χ4n) is 3.60. The van der Waals surface area contributed by atoms with Crippen LogP contribution < -0.4 is 11.1 Å². The molecule has 2 heterocycles. The Morgan fingerprint density at radius 1 is 1.27 bits per heavy atom. The molecule has 8 nitrogen and oxygen atoms in total. The van der Waals surface area contributed by atoms with Gasteiger partial charge in [-0.25, -0.2) is 4.79 Å². The molecular formula is C18H24N4O4. The summed E-state index contributed by atoms with van der Waals surface area (Å²) in [7, 11) is 0. The average molecular weight is 360 g/mol. The molecule has 1 aromatic carbocycles. The van der Waals surface area contributed by atoms with Crippen molar-refractivity contribution in [2.75, 3.05) is 13.1 Å². The quantitative estimate of drug-likeness (QED) is 0.644. The third-order valence-corrected chi connectivity index (χ3v) is 5.30. The number of amides is 4. The van der Waals surface area contributed by atoms with Crippen LogP contribution in [0.2, 0.25) is 0 Å². The van der Waals surface area contributed by atoms with Crippen LogP contribution in [0.4, 0.5) is 4.79 Å². The molecule has 2 saturated heterocycles. The highest BCUT2D eigenvalue weighted by Gasteiger charge is 2.54. The van der Waals surface area contributed by atoms with Crippen molar-refractivity contribution >= 4 is 17.8 Å². The van der Waals surface area contributed by atoms with Crippen LogP contribution in [-0.2, 0) is 16.1 Å². The number of hydrogen-bond acceptors (Lipinski definition) is 5. The lowest BCUT2D eigenvalue weighted by Gasteiger charge is -2.42. The summed E-state index contributed by atoms with van der Waals surface area (Å²) >= 11 is 0. The Labute approximate surface area is 151 Å². The van der Waals surface area contributed by atoms with Gasteiger partial charge in [-0.2, -0.15) is 0 Å². The number of aliphatic hydroxyl groups excluding tert-OH is 1. The predicted molar refractivity (Wildman–Crippen MR) is 93.7 cm³/mol. The molecule has 0 bridgehead atoms. The molecule has 4 N–H and O–H groups in total. The molecule has 140 valence electrons. The summed E-state index contributed by atoms with van der Waals surface area (Å²) in [5.74, 6) is -0.653. The Hall–Kier alpha value is -2.45. The highest BCUT2D eigenvalue weighted by atomic mass is 16.3. The number of imide groups is 1. The topological polar surface area (TPSA) is 116 Å². The monoisotopic (exact) mass is 360 g/mol. The first kappa shape index (κ1) is 18.3. The Morgan fingerprint density at radius 3 is 2.46 bits per heavy atom. The molecule has 3 rings (SSSR count). The number of hydrogen-bond donors (Lipinski definition) is 3. The van der Waals surface area contributed by atoms with Crippen molar-refractivity contribution in [2.45, 2.75) is 44.0 Å². The number of nitrogens with two attached hydrogens (primary N) is 1. The largest absolute Gasteiger partial charge is 0.391 e. The molecule has 2 atom stereocenters. The molecule has 2 aliphatic rings. The van der Waals surface area contributed by atoms with E-state index in [-0.39, 0.29) is 11.8 Å². The number of urea groups is 1. The van der Waals surface area contributed by atoms with E-state index in [4.69, 9.17) is 5.73 Å². The minimum absolute atomic E-state index is 0.311. The molecule has 0 unspecified atom stereocenters. The number of nitrogens with one attached hydrogen (secondary N) is 1. The Morgan fingerprint density at radius 2 is 1.88 bits per heavy atom. The van der Waals surface area contributed by atoms with Crippen molar-refractivity contribution in [1.29, 1.82) is 0 Å². The molecule has 26 heavy (non-hydrogen) atoms. The SMILES string of the molecule is C[C@@H](O)[C@H](N)C(=O)N1CCC2(CC1)C(=O)NC(=O)N2Cc1ccccc1. The van der Waals surface area contributed by atoms with Crippen LogP contribution in [0.3, 0.4) is 0 Å². The number of rotatable bonds is 4. The maximum Gasteiger partial charge on any atom is 0.325 e. The van der Waals surface area contributed by atoms with Gasteiger partial charge < -0.3 is 20.6 Å². The van der Waals surface area contributed by atoms with Crippen LogP contribution in [0.5, 0.6) is 0 Å². The van der Waals surface area contributed by atoms with Crippen molar-refractivity contribution in [3.8, 4) is 0 Å². The van der Waals surface area contributed by atoms with E-state index in [9.17, 15) is 19.5 Å². The zero-order valence-electron chi connectivity index (χ0n) is 14.7. The van der Waals surface area contributed by atoms with E-state index in [1.807, 2.05) is 30.3 Å². The van der Waals surface area contributed by atoms with Gasteiger partial charge in [-0.05, 0) is 25.3 Å². The second kappa shape index (κ2) is 7.05. The lowest BCUT2D eigenvalue weighted by atomic mass is 9.85. The standard InChI is InChI=1S/C18H24N4O4/c1-12(23)14(19)15(24)21-9-7-18(8-10-21)16(25)20-17(26)22(18)11-13-5-3-2-4-6-13/h2-6,12,14,23H,7-11,19H2,1H3,(H,20,25,26)/t12-,14+/m1/s1. The van der Waals surface area contributed by atoms with Gasteiger partial charge in [0.2, 0.25) is 5.91 Å². The Balaban J connectivity index is 1.75. The molecule has 1 aromatic rings. The third-order valence-electron chi connectivity index (χ3n) is 5.30. The van der Waals surface area contributed by atoms with E-state index in [2.05, 4.69) is 5.32 Å². The molecule has 0 aliphatic carbocycles. The van der Waals surface area contributed by atoms with Gasteiger partial charge in [-0.15, -0.1) is 0 Å². The molecular weight excluding hydrogens is 336 g/mol. The number of nitrogens with zero attached hydrogens (tertiary/aromatic N) is 2. The van der Waals surface area contributed by atoms with E-state index in [1.54, 1.807) is 9.80 Å². The van der Waals surface area contributed by atoms with Crippen LogP contribution in [0.1, 0.15) is 25.3 Å². The third kappa shape index (κ3) is 3.17. The van der Waals surface area contributed by atoms with E-state index in [0.29, 0.717) is 32.5 Å². The van der Waals surface area contributed by atoms with E-state index >= 15 is 0 Å². The Kier molecular flexibility index (Phi) is 4.97. The van der Waals surface area contributed by atoms with E-state index < -0.39 is 23.7 Å². The first-order valence-corrected chi connectivity index (χ1v) is 8.74. The van der Waals surface area contributed by atoms with Crippen molar-refractivity contribution in [2.24, 2.45) is 5.73 Å². The van der Waals surface area contributed by atoms with E-state index in [0.717, 1.165) is 5.56 Å². The second-order valence-electron chi connectivity index (χ2n) is 6.95. The smallest absolute Gasteiger partial charge is 0.325 e. The summed E-state index contributed by atoms with van der Waals surface area (Å²) in [5, 5.41) is 11.9. The lowest BCUT2D eigenvalue weighted by molar-refractivity contribution is -0.140. The van der Waals surface area contributed by atoms with Gasteiger partial charge in [0.15, 0.2) is 0 Å². The number of carbonyl (C=O) groups excluding carboxylic acids is 3. The van der Waals surface area contributed by atoms with Gasteiger partial charge in [-0.1, -0.05) is 30.3 Å². The van der Waals surface area contributed by atoms with Gasteiger partial charge in [0.05, 0.1) is 6.10 Å². The summed E-state index contributed by atoms with van der Waals surface area (Å²) in [5.41, 5.74) is 5.72. The molecule has 2 fully saturated rings. The van der Waals surface area contributed by atoms with Gasteiger partial charge in [0, 0.05) is 19.6 Å². The number of piperidine rings is 1.